The number of aryl methyl sites for hydroxylation is 1. The normalized spacial score (nSPS) is 16.2. The number of rotatable bonds is 19. The number of nitrogens with one attached hydrogen (secondary N) is 1. The molecule has 2 rings (SSSR count). The van der Waals surface area contributed by atoms with E-state index in [9.17, 15) is 4.39 Å². The van der Waals surface area contributed by atoms with Gasteiger partial charge in [-0.1, -0.05) is 59.2 Å². The number of likely N-dealkylation sites (tertiary alicyclic amines) is 1. The monoisotopic (exact) mass is 586 g/mol. The molecule has 1 atom stereocenters. The lowest BCUT2D eigenvalue weighted by Gasteiger charge is -2.44. The van der Waals surface area contributed by atoms with E-state index in [0.29, 0.717) is 12.3 Å². The minimum Gasteiger partial charge on any atom is -0.374 e. The average molecular weight is 587 g/mol. The van der Waals surface area contributed by atoms with E-state index in [0.717, 1.165) is 86.8 Å². The lowest BCUT2D eigenvalue weighted by atomic mass is 9.93. The van der Waals surface area contributed by atoms with Gasteiger partial charge >= 0.3 is 0 Å². The van der Waals surface area contributed by atoms with Crippen LogP contribution in [0.15, 0.2) is 52.2 Å². The minimum absolute atomic E-state index is 0.0893. The van der Waals surface area contributed by atoms with Crippen molar-refractivity contribution in [2.24, 2.45) is 21.8 Å². The first-order valence-electron chi connectivity index (χ1n) is 15.6. The third kappa shape index (κ3) is 12.1. The first-order valence-corrected chi connectivity index (χ1v) is 18.2. The molecule has 0 amide bonds. The van der Waals surface area contributed by atoms with Gasteiger partial charge in [-0.05, 0) is 104 Å². The van der Waals surface area contributed by atoms with Crippen molar-refractivity contribution < 1.29 is 4.39 Å². The first-order chi connectivity index (χ1) is 19.4. The van der Waals surface area contributed by atoms with Crippen LogP contribution in [-0.2, 0) is 12.8 Å². The molecule has 6 heteroatoms. The van der Waals surface area contributed by atoms with Gasteiger partial charge in [0, 0.05) is 49.9 Å². The summed E-state index contributed by atoms with van der Waals surface area (Å²) < 4.78 is 15.1. The van der Waals surface area contributed by atoms with Gasteiger partial charge in [0.25, 0.3) is 0 Å². The van der Waals surface area contributed by atoms with Gasteiger partial charge in [0.2, 0.25) is 0 Å². The molecule has 1 aliphatic heterocycles. The molecule has 0 radical (unpaired) electrons. The highest BCUT2D eigenvalue weighted by atomic mass is 32.3. The summed E-state index contributed by atoms with van der Waals surface area (Å²) >= 11 is 0. The molecule has 0 saturated carbocycles. The number of halogens is 1. The highest BCUT2D eigenvalue weighted by Crippen LogP contribution is 2.53. The molecule has 1 saturated heterocycles. The summed E-state index contributed by atoms with van der Waals surface area (Å²) in [6, 6.07) is 5.82. The zero-order valence-electron chi connectivity index (χ0n) is 27.3. The molecule has 232 valence electrons. The van der Waals surface area contributed by atoms with Crippen LogP contribution in [0.5, 0.6) is 0 Å². The number of allylic oxidation sites excluding steroid dienone is 1. The molecule has 1 aliphatic rings. The van der Waals surface area contributed by atoms with Gasteiger partial charge in [-0.25, -0.2) is 14.4 Å². The average Bonchev–Trinajstić information content (AvgIpc) is 2.87. The van der Waals surface area contributed by atoms with Crippen molar-refractivity contribution in [3.05, 3.63) is 59.2 Å². The molecule has 1 N–H and O–H groups in total. The highest BCUT2D eigenvalue weighted by molar-refractivity contribution is 8.33. The van der Waals surface area contributed by atoms with E-state index in [1.165, 1.54) is 18.4 Å². The predicted octanol–water partition coefficient (Wildman–Crippen LogP) is 8.07. The first kappa shape index (κ1) is 35.3. The zero-order chi connectivity index (χ0) is 30.5. The number of hydrogen-bond donors (Lipinski definition) is 1. The second-order valence-corrected chi connectivity index (χ2v) is 17.9. The Morgan fingerprint density at radius 2 is 1.93 bits per heavy atom. The maximum atomic E-state index is 14.9. The van der Waals surface area contributed by atoms with Crippen molar-refractivity contribution in [3.63, 3.8) is 0 Å². The van der Waals surface area contributed by atoms with Crippen LogP contribution in [0.25, 0.3) is 0 Å². The van der Waals surface area contributed by atoms with Gasteiger partial charge in [0.1, 0.15) is 5.82 Å². The van der Waals surface area contributed by atoms with Crippen molar-refractivity contribution in [2.75, 3.05) is 51.5 Å². The summed E-state index contributed by atoms with van der Waals surface area (Å²) in [5.74, 6) is 2.33. The summed E-state index contributed by atoms with van der Waals surface area (Å²) in [6.45, 7) is 21.1. The topological polar surface area (TPSA) is 40.0 Å². The van der Waals surface area contributed by atoms with Gasteiger partial charge in [0.15, 0.2) is 0 Å². The van der Waals surface area contributed by atoms with Crippen molar-refractivity contribution in [3.8, 4) is 0 Å². The van der Waals surface area contributed by atoms with E-state index in [4.69, 9.17) is 4.99 Å². The fourth-order valence-corrected chi connectivity index (χ4v) is 6.56. The summed E-state index contributed by atoms with van der Waals surface area (Å²) in [4.78, 5) is 11.1. The highest BCUT2D eigenvalue weighted by Gasteiger charge is 2.28. The molecule has 41 heavy (non-hydrogen) atoms. The van der Waals surface area contributed by atoms with Gasteiger partial charge in [0.05, 0.1) is 0 Å². The Kier molecular flexibility index (Phi) is 14.8. The molecule has 0 bridgehead atoms. The minimum atomic E-state index is -0.823. The van der Waals surface area contributed by atoms with Crippen molar-refractivity contribution in [1.82, 2.24) is 10.2 Å². The van der Waals surface area contributed by atoms with Crippen LogP contribution < -0.4 is 5.32 Å². The Morgan fingerprint density at radius 1 is 1.20 bits per heavy atom. The third-order valence-electron chi connectivity index (χ3n) is 8.99. The van der Waals surface area contributed by atoms with Gasteiger partial charge in [-0.3, -0.25) is 9.98 Å². The van der Waals surface area contributed by atoms with Crippen LogP contribution in [0, 0.1) is 17.7 Å². The lowest BCUT2D eigenvalue weighted by Crippen LogP contribution is -2.45. The summed E-state index contributed by atoms with van der Waals surface area (Å²) in [6.07, 6.45) is 17.1. The number of nitrogens with zero attached hydrogens (tertiary/aromatic N) is 3. The Bertz CT molecular complexity index is 1020. The molecule has 1 aromatic carbocycles. The van der Waals surface area contributed by atoms with E-state index >= 15 is 0 Å². The second kappa shape index (κ2) is 17.3. The van der Waals surface area contributed by atoms with E-state index in [2.05, 4.69) is 74.8 Å². The van der Waals surface area contributed by atoms with E-state index in [-0.39, 0.29) is 10.6 Å². The molecule has 1 aromatic rings. The summed E-state index contributed by atoms with van der Waals surface area (Å²) in [5.41, 5.74) is 4.07. The smallest absolute Gasteiger partial charge is 0.127 e. The lowest BCUT2D eigenvalue weighted by molar-refractivity contribution is 0.137. The Morgan fingerprint density at radius 3 is 2.54 bits per heavy atom. The molecule has 4 nitrogen and oxygen atoms in total. The van der Waals surface area contributed by atoms with Crippen molar-refractivity contribution >= 4 is 23.0 Å². The second-order valence-electron chi connectivity index (χ2n) is 13.4. The van der Waals surface area contributed by atoms with Crippen molar-refractivity contribution in [2.45, 2.75) is 83.8 Å². The molecule has 1 heterocycles. The molecular weight excluding hydrogens is 527 g/mol. The van der Waals surface area contributed by atoms with Crippen LogP contribution in [0.2, 0.25) is 0 Å². The predicted molar refractivity (Wildman–Crippen MR) is 184 cm³/mol. The summed E-state index contributed by atoms with van der Waals surface area (Å²) in [5, 5.41) is 3.31. The van der Waals surface area contributed by atoms with E-state index in [1.807, 2.05) is 25.5 Å². The van der Waals surface area contributed by atoms with Crippen LogP contribution in [0.4, 0.5) is 4.39 Å². The van der Waals surface area contributed by atoms with Gasteiger partial charge in [-0.15, -0.1) is 0 Å². The van der Waals surface area contributed by atoms with Crippen LogP contribution in [0.1, 0.15) is 77.3 Å². The molecule has 1 fully saturated rings. The number of aliphatic imine (C=N–C) groups is 2. The number of unbranched alkanes of at least 4 members (excludes halogenated alkanes) is 1. The maximum Gasteiger partial charge on any atom is 0.127 e. The van der Waals surface area contributed by atoms with E-state index < -0.39 is 10.0 Å². The molecular formula is C35H59FN4S. The molecule has 0 aliphatic carbocycles. The Labute approximate surface area is 253 Å². The fourth-order valence-electron chi connectivity index (χ4n) is 5.15. The number of benzene rings is 1. The Balaban J connectivity index is 1.80. The molecule has 0 aromatic heterocycles. The SMILES string of the molecule is C=N/C=C(\C=N/CCC(CCCCc1ccc(CC(=C)N2CC(CC)C2)c(F)c1)CCNC)CS(C)(C)C(C)(C)C. The quantitative estimate of drug-likeness (QED) is 0.132. The zero-order valence-corrected chi connectivity index (χ0v) is 28.1. The van der Waals surface area contributed by atoms with E-state index in [1.54, 1.807) is 6.07 Å². The Hall–Kier alpha value is -1.92. The van der Waals surface area contributed by atoms with Crippen LogP contribution >= 0.6 is 10.0 Å². The van der Waals surface area contributed by atoms with Gasteiger partial charge < -0.3 is 10.2 Å². The maximum absolute atomic E-state index is 14.9. The fraction of sp³-hybridized carbons (Fsp3) is 0.657. The van der Waals surface area contributed by atoms with Crippen molar-refractivity contribution in [1.29, 1.82) is 0 Å². The van der Waals surface area contributed by atoms with Crippen LogP contribution in [0.3, 0.4) is 0 Å². The van der Waals surface area contributed by atoms with Crippen LogP contribution in [-0.4, -0.2) is 74.1 Å². The molecule has 0 spiro atoms. The van der Waals surface area contributed by atoms with Gasteiger partial charge in [-0.2, -0.15) is 0 Å². The standard InChI is InChI=1S/C35H59FN4S/c1-10-29-25-40(26-29)28(2)21-33-16-15-31(22-34(33)36)14-12-11-13-30(17-19-37-6)18-20-39-24-32(23-38-7)27-41(8,9)35(3,4)5/h15-16,22-24,29-30,37H,2,7,10-14,17-21,25-27H2,1,3-6,8-9H3/b32-23+,39-24-. The molecule has 1 unspecified atom stereocenters. The summed E-state index contributed by atoms with van der Waals surface area (Å²) in [7, 11) is 1.20. The number of hydrogen-bond acceptors (Lipinski definition) is 4. The largest absolute Gasteiger partial charge is 0.374 e. The third-order valence-corrected chi connectivity index (χ3v) is 13.4.